The van der Waals surface area contributed by atoms with E-state index >= 15 is 0 Å². The average molecular weight is 342 g/mol. The number of furan rings is 1. The minimum absolute atomic E-state index is 0.357. The molecule has 4 heterocycles. The predicted octanol–water partition coefficient (Wildman–Crippen LogP) is 6.28. The summed E-state index contributed by atoms with van der Waals surface area (Å²) in [5.41, 5.74) is 1.05. The van der Waals surface area contributed by atoms with Gasteiger partial charge in [-0.15, -0.1) is 34.0 Å². The first kappa shape index (κ1) is 13.7. The number of rotatable bonds is 4. The summed E-state index contributed by atoms with van der Waals surface area (Å²) < 4.78 is 5.63. The number of thiophene rings is 3. The molecule has 0 amide bonds. The SMILES string of the molecule is O=Cc1ccc(-c2cc(-c3cccs3)sc2-c2cccs2)o1. The van der Waals surface area contributed by atoms with Gasteiger partial charge < -0.3 is 4.42 Å². The summed E-state index contributed by atoms with van der Waals surface area (Å²) in [5.74, 6) is 1.10. The van der Waals surface area contributed by atoms with Crippen molar-refractivity contribution in [2.24, 2.45) is 0 Å². The molecule has 0 atom stereocenters. The first-order chi connectivity index (χ1) is 10.8. The Morgan fingerprint density at radius 1 is 0.909 bits per heavy atom. The molecule has 0 bridgehead atoms. The molecule has 0 saturated carbocycles. The van der Waals surface area contributed by atoms with Crippen LogP contribution in [0.4, 0.5) is 0 Å². The lowest BCUT2D eigenvalue weighted by atomic mass is 10.1. The van der Waals surface area contributed by atoms with Crippen LogP contribution in [0.3, 0.4) is 0 Å². The smallest absolute Gasteiger partial charge is 0.185 e. The molecular formula is C17H10O2S3. The molecular weight excluding hydrogens is 332 g/mol. The summed E-state index contributed by atoms with van der Waals surface area (Å²) >= 11 is 5.20. The van der Waals surface area contributed by atoms with Crippen LogP contribution >= 0.6 is 34.0 Å². The van der Waals surface area contributed by atoms with Crippen LogP contribution in [0.2, 0.25) is 0 Å². The largest absolute Gasteiger partial charge is 0.453 e. The number of hydrogen-bond donors (Lipinski definition) is 0. The summed E-state index contributed by atoms with van der Waals surface area (Å²) in [6.07, 6.45) is 0.737. The van der Waals surface area contributed by atoms with Crippen molar-refractivity contribution < 1.29 is 9.21 Å². The summed E-state index contributed by atoms with van der Waals surface area (Å²) in [6.45, 7) is 0. The molecule has 5 heteroatoms. The third-order valence-electron chi connectivity index (χ3n) is 3.25. The highest BCUT2D eigenvalue weighted by Crippen LogP contribution is 2.45. The topological polar surface area (TPSA) is 30.2 Å². The Bertz CT molecular complexity index is 896. The molecule has 0 N–H and O–H groups in total. The fraction of sp³-hybridized carbons (Fsp3) is 0. The minimum atomic E-state index is 0.357. The van der Waals surface area contributed by atoms with Gasteiger partial charge in [0.2, 0.25) is 0 Å². The maximum absolute atomic E-state index is 10.9. The first-order valence-corrected chi connectivity index (χ1v) is 9.20. The first-order valence-electron chi connectivity index (χ1n) is 6.62. The molecule has 2 nitrogen and oxygen atoms in total. The van der Waals surface area contributed by atoms with Gasteiger partial charge >= 0.3 is 0 Å². The van der Waals surface area contributed by atoms with Crippen LogP contribution in [0.1, 0.15) is 10.6 Å². The second-order valence-corrected chi connectivity index (χ2v) is 7.58. The zero-order chi connectivity index (χ0) is 14.9. The van der Waals surface area contributed by atoms with Crippen LogP contribution in [0.25, 0.3) is 30.8 Å². The van der Waals surface area contributed by atoms with E-state index in [-0.39, 0.29) is 0 Å². The highest BCUT2D eigenvalue weighted by atomic mass is 32.1. The number of aldehydes is 1. The van der Waals surface area contributed by atoms with E-state index in [1.54, 1.807) is 40.1 Å². The maximum Gasteiger partial charge on any atom is 0.185 e. The number of carbonyl (C=O) groups is 1. The molecule has 0 aliphatic heterocycles. The van der Waals surface area contributed by atoms with Gasteiger partial charge in [-0.3, -0.25) is 4.79 Å². The molecule has 0 aliphatic carbocycles. The van der Waals surface area contributed by atoms with Gasteiger partial charge in [0, 0.05) is 20.2 Å². The van der Waals surface area contributed by atoms with E-state index in [2.05, 4.69) is 35.0 Å². The zero-order valence-corrected chi connectivity index (χ0v) is 13.8. The monoisotopic (exact) mass is 342 g/mol. The van der Waals surface area contributed by atoms with Crippen LogP contribution in [-0.2, 0) is 0 Å². The Kier molecular flexibility index (Phi) is 3.54. The van der Waals surface area contributed by atoms with Crippen LogP contribution < -0.4 is 0 Å². The van der Waals surface area contributed by atoms with Gasteiger partial charge in [0.05, 0.1) is 4.88 Å². The van der Waals surface area contributed by atoms with E-state index in [9.17, 15) is 4.79 Å². The molecule has 0 saturated heterocycles. The number of hydrogen-bond acceptors (Lipinski definition) is 5. The van der Waals surface area contributed by atoms with Gasteiger partial charge in [-0.25, -0.2) is 0 Å². The van der Waals surface area contributed by atoms with Gasteiger partial charge in [-0.1, -0.05) is 12.1 Å². The molecule has 0 aliphatic rings. The van der Waals surface area contributed by atoms with Crippen molar-refractivity contribution in [3.63, 3.8) is 0 Å². The lowest BCUT2D eigenvalue weighted by molar-refractivity contribution is 0.110. The van der Waals surface area contributed by atoms with E-state index < -0.39 is 0 Å². The molecule has 0 radical (unpaired) electrons. The molecule has 0 fully saturated rings. The molecule has 4 aromatic rings. The standard InChI is InChI=1S/C17H10O2S3/c18-10-11-5-6-13(19-11)12-9-16(14-3-1-7-20-14)22-17(12)15-4-2-8-21-15/h1-10H. The highest BCUT2D eigenvalue weighted by molar-refractivity contribution is 7.26. The third-order valence-corrected chi connectivity index (χ3v) is 6.50. The van der Waals surface area contributed by atoms with Crippen LogP contribution in [0.5, 0.6) is 0 Å². The third kappa shape index (κ3) is 2.37. The Hall–Kier alpha value is -1.95. The van der Waals surface area contributed by atoms with E-state index in [1.807, 2.05) is 12.1 Å². The molecule has 0 unspecified atom stereocenters. The lowest BCUT2D eigenvalue weighted by Gasteiger charge is -1.97. The average Bonchev–Trinajstić information content (AvgIpc) is 3.33. The lowest BCUT2D eigenvalue weighted by Crippen LogP contribution is -1.73. The van der Waals surface area contributed by atoms with Gasteiger partial charge in [0.1, 0.15) is 5.76 Å². The summed E-state index contributed by atoms with van der Waals surface area (Å²) in [5, 5.41) is 4.15. The van der Waals surface area contributed by atoms with Gasteiger partial charge in [-0.05, 0) is 41.1 Å². The quantitative estimate of drug-likeness (QED) is 0.409. The fourth-order valence-corrected chi connectivity index (χ4v) is 5.12. The van der Waals surface area contributed by atoms with E-state index in [0.717, 1.165) is 17.6 Å². The molecule has 4 rings (SSSR count). The fourth-order valence-electron chi connectivity index (χ4n) is 2.27. The van der Waals surface area contributed by atoms with E-state index in [4.69, 9.17) is 4.42 Å². The van der Waals surface area contributed by atoms with Crippen LogP contribution in [0.15, 0.2) is 57.6 Å². The van der Waals surface area contributed by atoms with Crippen LogP contribution in [0, 0.1) is 0 Å². The van der Waals surface area contributed by atoms with Crippen molar-refractivity contribution in [3.8, 4) is 30.8 Å². The minimum Gasteiger partial charge on any atom is -0.453 e. The zero-order valence-electron chi connectivity index (χ0n) is 11.3. The Balaban J connectivity index is 1.90. The van der Waals surface area contributed by atoms with Gasteiger partial charge in [-0.2, -0.15) is 0 Å². The van der Waals surface area contributed by atoms with Crippen molar-refractivity contribution >= 4 is 40.3 Å². The number of carbonyl (C=O) groups excluding carboxylic acids is 1. The Labute approximate surface area is 139 Å². The Morgan fingerprint density at radius 3 is 2.32 bits per heavy atom. The van der Waals surface area contributed by atoms with E-state index in [0.29, 0.717) is 5.76 Å². The maximum atomic E-state index is 10.9. The predicted molar refractivity (Wildman–Crippen MR) is 94.0 cm³/mol. The van der Waals surface area contributed by atoms with Gasteiger partial charge in [0.15, 0.2) is 12.0 Å². The van der Waals surface area contributed by atoms with Crippen molar-refractivity contribution in [1.29, 1.82) is 0 Å². The highest BCUT2D eigenvalue weighted by Gasteiger charge is 2.17. The second kappa shape index (κ2) is 5.68. The van der Waals surface area contributed by atoms with Crippen molar-refractivity contribution in [2.75, 3.05) is 0 Å². The molecule has 0 spiro atoms. The Morgan fingerprint density at radius 2 is 1.68 bits per heavy atom. The van der Waals surface area contributed by atoms with Crippen LogP contribution in [-0.4, -0.2) is 6.29 Å². The summed E-state index contributed by atoms with van der Waals surface area (Å²) in [6, 6.07) is 14.1. The molecule has 4 aromatic heterocycles. The van der Waals surface area contributed by atoms with Gasteiger partial charge in [0.25, 0.3) is 0 Å². The van der Waals surface area contributed by atoms with E-state index in [1.165, 1.54) is 19.5 Å². The summed E-state index contributed by atoms with van der Waals surface area (Å²) in [4.78, 5) is 15.7. The molecule has 0 aromatic carbocycles. The molecule has 108 valence electrons. The normalized spacial score (nSPS) is 10.9. The summed E-state index contributed by atoms with van der Waals surface area (Å²) in [7, 11) is 0. The van der Waals surface area contributed by atoms with Crippen molar-refractivity contribution in [2.45, 2.75) is 0 Å². The molecule has 22 heavy (non-hydrogen) atoms. The van der Waals surface area contributed by atoms with Crippen molar-refractivity contribution in [3.05, 3.63) is 59.0 Å². The van der Waals surface area contributed by atoms with Crippen molar-refractivity contribution in [1.82, 2.24) is 0 Å². The second-order valence-electron chi connectivity index (χ2n) is 4.63.